The average Bonchev–Trinajstić information content (AvgIpc) is 3.32. The zero-order valence-corrected chi connectivity index (χ0v) is 16.2. The average molecular weight is 393 g/mol. The Hall–Kier alpha value is -3.62. The first-order valence-corrected chi connectivity index (χ1v) is 9.55. The molecular formula is C20H23N7O2. The number of aromatic hydroxyl groups is 1. The lowest BCUT2D eigenvalue weighted by molar-refractivity contribution is 0.286. The number of ether oxygens (including phenoxy) is 1. The summed E-state index contributed by atoms with van der Waals surface area (Å²) in [6.45, 7) is 3.65. The van der Waals surface area contributed by atoms with Crippen molar-refractivity contribution in [2.24, 2.45) is 0 Å². The molecule has 0 bridgehead atoms. The number of fused-ring (bicyclic) bond motifs is 1. The number of aromatic nitrogens is 6. The summed E-state index contributed by atoms with van der Waals surface area (Å²) >= 11 is 0. The molecule has 29 heavy (non-hydrogen) atoms. The monoisotopic (exact) mass is 393 g/mol. The Morgan fingerprint density at radius 3 is 2.69 bits per heavy atom. The van der Waals surface area contributed by atoms with E-state index in [1.54, 1.807) is 10.8 Å². The summed E-state index contributed by atoms with van der Waals surface area (Å²) < 4.78 is 9.06. The third-order valence-electron chi connectivity index (χ3n) is 4.55. The number of benzene rings is 1. The summed E-state index contributed by atoms with van der Waals surface area (Å²) in [4.78, 5) is 12.7. The molecule has 3 aromatic heterocycles. The molecule has 1 aromatic carbocycles. The maximum Gasteiger partial charge on any atom is 0.320 e. The number of nitrogens with zero attached hydrogens (tertiary/aromatic N) is 6. The van der Waals surface area contributed by atoms with Crippen LogP contribution in [0.1, 0.15) is 30.9 Å². The molecule has 0 radical (unpaired) electrons. The van der Waals surface area contributed by atoms with E-state index in [9.17, 15) is 5.11 Å². The van der Waals surface area contributed by atoms with E-state index < -0.39 is 0 Å². The van der Waals surface area contributed by atoms with Crippen LogP contribution in [0.3, 0.4) is 0 Å². The summed E-state index contributed by atoms with van der Waals surface area (Å²) in [6, 6.07) is 9.99. The van der Waals surface area contributed by atoms with Crippen LogP contribution in [-0.2, 0) is 13.1 Å². The molecule has 0 aliphatic carbocycles. The molecule has 0 fully saturated rings. The van der Waals surface area contributed by atoms with E-state index in [-0.39, 0.29) is 17.8 Å². The minimum Gasteiger partial charge on any atom is -0.480 e. The van der Waals surface area contributed by atoms with Crippen LogP contribution in [0, 0.1) is 0 Å². The number of nitrogens with two attached hydrogens (primary N) is 1. The molecule has 3 heterocycles. The normalized spacial score (nSPS) is 11.2. The van der Waals surface area contributed by atoms with E-state index in [1.807, 2.05) is 35.1 Å². The number of hydrogen-bond acceptors (Lipinski definition) is 7. The van der Waals surface area contributed by atoms with Gasteiger partial charge in [-0.15, -0.1) is 0 Å². The summed E-state index contributed by atoms with van der Waals surface area (Å²) in [7, 11) is 0. The highest BCUT2D eigenvalue weighted by Crippen LogP contribution is 2.26. The van der Waals surface area contributed by atoms with E-state index >= 15 is 0 Å². The van der Waals surface area contributed by atoms with Crippen molar-refractivity contribution in [2.45, 2.75) is 32.9 Å². The van der Waals surface area contributed by atoms with Crippen LogP contribution in [0.2, 0.25) is 0 Å². The zero-order chi connectivity index (χ0) is 20.2. The minimum absolute atomic E-state index is 0.163. The van der Waals surface area contributed by atoms with Gasteiger partial charge in [-0.25, -0.2) is 0 Å². The Morgan fingerprint density at radius 1 is 1.10 bits per heavy atom. The van der Waals surface area contributed by atoms with E-state index in [1.165, 1.54) is 0 Å². The fourth-order valence-corrected chi connectivity index (χ4v) is 3.10. The molecule has 150 valence electrons. The zero-order valence-electron chi connectivity index (χ0n) is 16.2. The molecule has 0 spiro atoms. The lowest BCUT2D eigenvalue weighted by atomic mass is 10.1. The Balaban J connectivity index is 1.62. The van der Waals surface area contributed by atoms with Gasteiger partial charge in [0.25, 0.3) is 6.01 Å². The maximum absolute atomic E-state index is 10.4. The highest BCUT2D eigenvalue weighted by Gasteiger charge is 2.17. The van der Waals surface area contributed by atoms with E-state index in [2.05, 4.69) is 33.0 Å². The van der Waals surface area contributed by atoms with Gasteiger partial charge < -0.3 is 15.6 Å². The van der Waals surface area contributed by atoms with Gasteiger partial charge in [0.05, 0.1) is 19.7 Å². The Morgan fingerprint density at radius 2 is 1.93 bits per heavy atom. The molecule has 4 aromatic rings. The van der Waals surface area contributed by atoms with Crippen LogP contribution in [0.25, 0.3) is 11.2 Å². The molecule has 0 unspecified atom stereocenters. The van der Waals surface area contributed by atoms with Gasteiger partial charge in [0.2, 0.25) is 0 Å². The predicted molar refractivity (Wildman–Crippen MR) is 109 cm³/mol. The Kier molecular flexibility index (Phi) is 5.28. The summed E-state index contributed by atoms with van der Waals surface area (Å²) in [5.74, 6) is 0.183. The summed E-state index contributed by atoms with van der Waals surface area (Å²) in [5, 5.41) is 14.6. The maximum atomic E-state index is 10.4. The van der Waals surface area contributed by atoms with Crippen LogP contribution in [0.15, 0.2) is 42.7 Å². The van der Waals surface area contributed by atoms with Gasteiger partial charge in [-0.2, -0.15) is 20.1 Å². The fourth-order valence-electron chi connectivity index (χ4n) is 3.10. The van der Waals surface area contributed by atoms with Gasteiger partial charge >= 0.3 is 6.01 Å². The van der Waals surface area contributed by atoms with Crippen molar-refractivity contribution < 1.29 is 9.84 Å². The van der Waals surface area contributed by atoms with Gasteiger partial charge in [0, 0.05) is 12.4 Å². The van der Waals surface area contributed by atoms with E-state index in [4.69, 9.17) is 10.5 Å². The van der Waals surface area contributed by atoms with Gasteiger partial charge in [-0.05, 0) is 23.6 Å². The number of imidazole rings is 1. The standard InChI is InChI=1S/C20H23N7O2/c1-2-3-10-29-19-24-17(21)16-18(25-19)27(20(28)23-16)13-15-7-4-6-14(11-15)12-26-9-5-8-22-26/h4-9,11H,2-3,10,12-13H2,1H3,(H,23,28)(H2,21,24,25). The van der Waals surface area contributed by atoms with Crippen molar-refractivity contribution in [2.75, 3.05) is 12.3 Å². The van der Waals surface area contributed by atoms with Gasteiger partial charge in [-0.1, -0.05) is 37.6 Å². The van der Waals surface area contributed by atoms with Crippen molar-refractivity contribution in [3.63, 3.8) is 0 Å². The second-order valence-corrected chi connectivity index (χ2v) is 6.79. The lowest BCUT2D eigenvalue weighted by Crippen LogP contribution is -2.06. The molecule has 0 amide bonds. The van der Waals surface area contributed by atoms with Crippen LogP contribution in [0.4, 0.5) is 5.82 Å². The van der Waals surface area contributed by atoms with Crippen molar-refractivity contribution in [1.82, 2.24) is 29.3 Å². The number of hydrogen-bond donors (Lipinski definition) is 2. The minimum atomic E-state index is -0.163. The lowest BCUT2D eigenvalue weighted by Gasteiger charge is -2.09. The molecule has 9 heteroatoms. The van der Waals surface area contributed by atoms with Crippen molar-refractivity contribution in [1.29, 1.82) is 0 Å². The first-order chi connectivity index (χ1) is 14.1. The second-order valence-electron chi connectivity index (χ2n) is 6.79. The highest BCUT2D eigenvalue weighted by molar-refractivity contribution is 5.83. The van der Waals surface area contributed by atoms with Gasteiger partial charge in [-0.3, -0.25) is 9.25 Å². The SMILES string of the molecule is CCCCOc1nc(N)c2nc(O)n(Cc3cccc(Cn4cccn4)c3)c2n1. The van der Waals surface area contributed by atoms with Gasteiger partial charge in [0.1, 0.15) is 0 Å². The van der Waals surface area contributed by atoms with Crippen molar-refractivity contribution in [3.05, 3.63) is 53.9 Å². The first-order valence-electron chi connectivity index (χ1n) is 9.55. The molecule has 0 saturated carbocycles. The van der Waals surface area contributed by atoms with Crippen LogP contribution in [0.5, 0.6) is 12.0 Å². The fraction of sp³-hybridized carbons (Fsp3) is 0.300. The summed E-state index contributed by atoms with van der Waals surface area (Å²) in [6.07, 6.45) is 5.58. The second kappa shape index (κ2) is 8.17. The molecule has 3 N–H and O–H groups in total. The van der Waals surface area contributed by atoms with E-state index in [0.29, 0.717) is 30.9 Å². The highest BCUT2D eigenvalue weighted by atomic mass is 16.5. The molecule has 0 aliphatic rings. The molecule has 9 nitrogen and oxygen atoms in total. The topological polar surface area (TPSA) is 117 Å². The molecule has 4 rings (SSSR count). The molecular weight excluding hydrogens is 370 g/mol. The smallest absolute Gasteiger partial charge is 0.320 e. The third-order valence-corrected chi connectivity index (χ3v) is 4.55. The van der Waals surface area contributed by atoms with E-state index in [0.717, 1.165) is 24.0 Å². The number of rotatable bonds is 8. The third kappa shape index (κ3) is 4.13. The number of unbranched alkanes of at least 4 members (excludes halogenated alkanes) is 1. The quantitative estimate of drug-likeness (QED) is 0.442. The predicted octanol–water partition coefficient (Wildman–Crippen LogP) is 2.59. The Labute approximate surface area is 167 Å². The Bertz CT molecular complexity index is 1110. The van der Waals surface area contributed by atoms with Crippen molar-refractivity contribution in [3.8, 4) is 12.0 Å². The van der Waals surface area contributed by atoms with Gasteiger partial charge in [0.15, 0.2) is 17.0 Å². The first kappa shape index (κ1) is 18.7. The van der Waals surface area contributed by atoms with Crippen LogP contribution in [-0.4, -0.2) is 41.0 Å². The van der Waals surface area contributed by atoms with Crippen molar-refractivity contribution >= 4 is 17.0 Å². The molecule has 0 atom stereocenters. The number of anilines is 1. The van der Waals surface area contributed by atoms with Crippen LogP contribution >= 0.6 is 0 Å². The van der Waals surface area contributed by atoms with Crippen LogP contribution < -0.4 is 10.5 Å². The molecule has 0 saturated heterocycles. The number of nitrogen functional groups attached to an aromatic ring is 1. The summed E-state index contributed by atoms with van der Waals surface area (Å²) in [5.41, 5.74) is 8.91. The largest absolute Gasteiger partial charge is 0.480 e. The molecule has 0 aliphatic heterocycles.